The second kappa shape index (κ2) is 6.65. The van der Waals surface area contributed by atoms with E-state index in [-0.39, 0.29) is 0 Å². The van der Waals surface area contributed by atoms with E-state index in [2.05, 4.69) is 18.0 Å². The Morgan fingerprint density at radius 1 is 1.13 bits per heavy atom. The van der Waals surface area contributed by atoms with Crippen LogP contribution < -0.4 is 0 Å². The van der Waals surface area contributed by atoms with Crippen molar-refractivity contribution < 1.29 is 9.53 Å². The van der Waals surface area contributed by atoms with Crippen molar-refractivity contribution in [1.82, 2.24) is 9.55 Å². The van der Waals surface area contributed by atoms with Gasteiger partial charge in [-0.3, -0.25) is 0 Å². The maximum absolute atomic E-state index is 12.3. The molecule has 0 N–H and O–H groups in total. The lowest BCUT2D eigenvalue weighted by Crippen LogP contribution is -2.13. The molecule has 118 valence electrons. The van der Waals surface area contributed by atoms with E-state index in [1.165, 1.54) is 12.7 Å². The number of carbonyl (C=O) groups is 1. The highest BCUT2D eigenvalue weighted by atomic mass is 16.5. The molecule has 0 fully saturated rings. The number of unbranched alkanes of at least 4 members (excludes halogenated alkanes) is 1. The number of hydrogen-bond donors (Lipinski definition) is 0. The van der Waals surface area contributed by atoms with Crippen LogP contribution in [0.3, 0.4) is 0 Å². The molecule has 1 aromatic heterocycles. The van der Waals surface area contributed by atoms with Crippen molar-refractivity contribution in [2.75, 3.05) is 7.11 Å². The molecule has 23 heavy (non-hydrogen) atoms. The lowest BCUT2D eigenvalue weighted by Gasteiger charge is -2.10. The summed E-state index contributed by atoms with van der Waals surface area (Å²) < 4.78 is 6.53. The van der Waals surface area contributed by atoms with Gasteiger partial charge in [0.05, 0.1) is 18.1 Å². The number of methoxy groups -OCH3 is 1. The number of nitrogens with zero attached hydrogens (tertiary/aromatic N) is 2. The third-order valence-electron chi connectivity index (χ3n) is 3.98. The first-order valence-corrected chi connectivity index (χ1v) is 7.90. The van der Waals surface area contributed by atoms with Crippen LogP contribution in [0.25, 0.3) is 22.4 Å². The monoisotopic (exact) mass is 308 g/mol. The first-order chi connectivity index (χ1) is 11.3. The molecular formula is C19H20N2O2. The molecule has 0 aliphatic rings. The van der Waals surface area contributed by atoms with Gasteiger partial charge >= 0.3 is 6.09 Å². The third-order valence-corrected chi connectivity index (χ3v) is 3.98. The van der Waals surface area contributed by atoms with Gasteiger partial charge in [-0.25, -0.2) is 14.3 Å². The molecule has 0 amide bonds. The van der Waals surface area contributed by atoms with E-state index in [1.807, 2.05) is 42.5 Å². The number of hydrogen-bond acceptors (Lipinski definition) is 3. The van der Waals surface area contributed by atoms with Gasteiger partial charge in [0.15, 0.2) is 5.82 Å². The van der Waals surface area contributed by atoms with Crippen LogP contribution in [0, 0.1) is 0 Å². The summed E-state index contributed by atoms with van der Waals surface area (Å²) in [4.78, 5) is 17.0. The molecule has 1 heterocycles. The summed E-state index contributed by atoms with van der Waals surface area (Å²) in [6.45, 7) is 2.17. The van der Waals surface area contributed by atoms with Crippen molar-refractivity contribution >= 4 is 17.1 Å². The number of aryl methyl sites for hydroxylation is 1. The van der Waals surface area contributed by atoms with Gasteiger partial charge in [0.25, 0.3) is 0 Å². The minimum absolute atomic E-state index is 0.418. The standard InChI is InChI=1S/C19H20N2O2/c1-3-4-9-14-10-5-6-11-15(14)18-20-16-12-7-8-13-17(16)21(18)19(22)23-2/h5-8,10-13H,3-4,9H2,1-2H3. The van der Waals surface area contributed by atoms with E-state index in [1.54, 1.807) is 4.57 Å². The van der Waals surface area contributed by atoms with Crippen LogP contribution >= 0.6 is 0 Å². The van der Waals surface area contributed by atoms with Crippen LogP contribution in [0.15, 0.2) is 48.5 Å². The topological polar surface area (TPSA) is 44.1 Å². The largest absolute Gasteiger partial charge is 0.452 e. The Balaban J connectivity index is 2.22. The molecule has 0 unspecified atom stereocenters. The number of imidazole rings is 1. The maximum Gasteiger partial charge on any atom is 0.419 e. The molecule has 0 radical (unpaired) electrons. The Kier molecular flexibility index (Phi) is 4.42. The third kappa shape index (κ3) is 2.84. The molecule has 0 bridgehead atoms. The van der Waals surface area contributed by atoms with Crippen LogP contribution in [0.2, 0.25) is 0 Å². The Morgan fingerprint density at radius 2 is 1.87 bits per heavy atom. The Morgan fingerprint density at radius 3 is 2.65 bits per heavy atom. The van der Waals surface area contributed by atoms with Crippen molar-refractivity contribution in [3.05, 3.63) is 54.1 Å². The van der Waals surface area contributed by atoms with E-state index >= 15 is 0 Å². The number of para-hydroxylation sites is 2. The summed E-state index contributed by atoms with van der Waals surface area (Å²) >= 11 is 0. The van der Waals surface area contributed by atoms with Crippen LogP contribution in [0.1, 0.15) is 25.3 Å². The summed E-state index contributed by atoms with van der Waals surface area (Å²) in [6, 6.07) is 15.7. The fourth-order valence-electron chi connectivity index (χ4n) is 2.81. The van der Waals surface area contributed by atoms with Gasteiger partial charge in [-0.2, -0.15) is 0 Å². The first-order valence-electron chi connectivity index (χ1n) is 7.90. The zero-order chi connectivity index (χ0) is 16.2. The van der Waals surface area contributed by atoms with Crippen LogP contribution in [-0.2, 0) is 11.2 Å². The SMILES string of the molecule is CCCCc1ccccc1-c1nc2ccccc2n1C(=O)OC. The quantitative estimate of drug-likeness (QED) is 0.704. The van der Waals surface area contributed by atoms with Gasteiger partial charge in [0, 0.05) is 5.56 Å². The normalized spacial score (nSPS) is 10.9. The predicted octanol–water partition coefficient (Wildman–Crippen LogP) is 4.66. The van der Waals surface area contributed by atoms with Gasteiger partial charge in [0.1, 0.15) is 0 Å². The molecule has 0 aliphatic heterocycles. The highest BCUT2D eigenvalue weighted by molar-refractivity contribution is 5.92. The van der Waals surface area contributed by atoms with E-state index < -0.39 is 6.09 Å². The smallest absolute Gasteiger partial charge is 0.419 e. The Hall–Kier alpha value is -2.62. The number of carbonyl (C=O) groups excluding carboxylic acids is 1. The van der Waals surface area contributed by atoms with Gasteiger partial charge in [0.2, 0.25) is 0 Å². The van der Waals surface area contributed by atoms with Crippen LogP contribution in [0.5, 0.6) is 0 Å². The first kappa shape index (κ1) is 15.3. The minimum Gasteiger partial charge on any atom is -0.452 e. The van der Waals surface area contributed by atoms with E-state index in [4.69, 9.17) is 4.74 Å². The van der Waals surface area contributed by atoms with Crippen molar-refractivity contribution in [3.8, 4) is 11.4 Å². The summed E-state index contributed by atoms with van der Waals surface area (Å²) in [7, 11) is 1.39. The minimum atomic E-state index is -0.418. The zero-order valence-corrected chi connectivity index (χ0v) is 13.5. The lowest BCUT2D eigenvalue weighted by atomic mass is 10.0. The number of aromatic nitrogens is 2. The van der Waals surface area contributed by atoms with Gasteiger partial charge in [-0.15, -0.1) is 0 Å². The summed E-state index contributed by atoms with van der Waals surface area (Å²) in [5.74, 6) is 0.643. The number of benzene rings is 2. The van der Waals surface area contributed by atoms with Crippen LogP contribution in [-0.4, -0.2) is 22.8 Å². The summed E-state index contributed by atoms with van der Waals surface area (Å²) in [5.41, 5.74) is 3.75. The van der Waals surface area contributed by atoms with Crippen LogP contribution in [0.4, 0.5) is 4.79 Å². The fourth-order valence-corrected chi connectivity index (χ4v) is 2.81. The number of rotatable bonds is 4. The van der Waals surface area contributed by atoms with Crippen molar-refractivity contribution in [1.29, 1.82) is 0 Å². The van der Waals surface area contributed by atoms with E-state index in [9.17, 15) is 4.79 Å². The van der Waals surface area contributed by atoms with E-state index in [0.717, 1.165) is 35.9 Å². The highest BCUT2D eigenvalue weighted by Gasteiger charge is 2.19. The Labute approximate surface area is 135 Å². The molecule has 0 aliphatic carbocycles. The molecule has 0 saturated carbocycles. The molecule has 0 spiro atoms. The highest BCUT2D eigenvalue weighted by Crippen LogP contribution is 2.28. The summed E-state index contributed by atoms with van der Waals surface area (Å²) in [6.07, 6.45) is 2.79. The maximum atomic E-state index is 12.3. The lowest BCUT2D eigenvalue weighted by molar-refractivity contribution is 0.174. The van der Waals surface area contributed by atoms with E-state index in [0.29, 0.717) is 5.82 Å². The van der Waals surface area contributed by atoms with Crippen molar-refractivity contribution in [2.45, 2.75) is 26.2 Å². The molecule has 3 aromatic rings. The second-order valence-corrected chi connectivity index (χ2v) is 5.49. The fraction of sp³-hybridized carbons (Fsp3) is 0.263. The van der Waals surface area contributed by atoms with Gasteiger partial charge in [-0.1, -0.05) is 49.7 Å². The molecular weight excluding hydrogens is 288 g/mol. The molecule has 2 aromatic carbocycles. The van der Waals surface area contributed by atoms with Crippen molar-refractivity contribution in [3.63, 3.8) is 0 Å². The van der Waals surface area contributed by atoms with Gasteiger partial charge in [-0.05, 0) is 30.5 Å². The zero-order valence-electron chi connectivity index (χ0n) is 13.5. The molecule has 4 nitrogen and oxygen atoms in total. The molecule has 4 heteroatoms. The molecule has 0 saturated heterocycles. The van der Waals surface area contributed by atoms with Gasteiger partial charge < -0.3 is 4.74 Å². The predicted molar refractivity (Wildman–Crippen MR) is 91.6 cm³/mol. The molecule has 3 rings (SSSR count). The average Bonchev–Trinajstić information content (AvgIpc) is 2.98. The summed E-state index contributed by atoms with van der Waals surface area (Å²) in [5, 5.41) is 0. The Bertz CT molecular complexity index is 836. The molecule has 0 atom stereocenters. The second-order valence-electron chi connectivity index (χ2n) is 5.49. The van der Waals surface area contributed by atoms with Crippen molar-refractivity contribution in [2.24, 2.45) is 0 Å². The average molecular weight is 308 g/mol. The number of fused-ring (bicyclic) bond motifs is 1. The number of ether oxygens (including phenoxy) is 1.